The van der Waals surface area contributed by atoms with Crippen LogP contribution < -0.4 is 0 Å². The number of likely N-dealkylation sites (N-methyl/N-ethyl adjacent to an activating group) is 1. The Morgan fingerprint density at radius 3 is 2.23 bits per heavy atom. The molecule has 0 radical (unpaired) electrons. The average molecular weight is 351 g/mol. The molecule has 0 aliphatic carbocycles. The van der Waals surface area contributed by atoms with Crippen LogP contribution in [-0.2, 0) is 19.4 Å². The van der Waals surface area contributed by atoms with Crippen LogP contribution in [0.2, 0.25) is 0 Å². The van der Waals surface area contributed by atoms with Crippen molar-refractivity contribution in [2.75, 3.05) is 6.54 Å². The molecule has 0 aromatic rings. The summed E-state index contributed by atoms with van der Waals surface area (Å²) in [5.74, 6) is 0. The summed E-state index contributed by atoms with van der Waals surface area (Å²) in [6.07, 6.45) is 3.19. The van der Waals surface area contributed by atoms with Gasteiger partial charge in [-0.2, -0.15) is 0 Å². The second-order valence-corrected chi connectivity index (χ2v) is 5.36. The molecular weight excluding hydrogens is 330 g/mol. The molecule has 0 heterocycles. The van der Waals surface area contributed by atoms with Crippen LogP contribution in [0.25, 0.3) is 0 Å². The molecule has 1 nitrogen and oxygen atoms in total. The second-order valence-electron chi connectivity index (χ2n) is 4.16. The van der Waals surface area contributed by atoms with E-state index < -0.39 is 0 Å². The Morgan fingerprint density at radius 1 is 1.46 bits per heavy atom. The topological polar surface area (TPSA) is 3.24 Å². The van der Waals surface area contributed by atoms with Crippen LogP contribution >= 0.6 is 0 Å². The summed E-state index contributed by atoms with van der Waals surface area (Å²) < 4.78 is 2.29. The molecule has 1 atom stereocenters. The number of hydrogen-bond donors (Lipinski definition) is 0. The van der Waals surface area contributed by atoms with Crippen LogP contribution in [0.3, 0.4) is 0 Å². The van der Waals surface area contributed by atoms with Crippen molar-refractivity contribution in [3.63, 3.8) is 0 Å². The Hall–Kier alpha value is 0.258. The Bertz CT molecular complexity index is 169. The van der Waals surface area contributed by atoms with Crippen molar-refractivity contribution in [2.45, 2.75) is 45.7 Å². The van der Waals surface area contributed by atoms with Crippen molar-refractivity contribution < 1.29 is 19.4 Å². The summed E-state index contributed by atoms with van der Waals surface area (Å²) >= 11 is 1.55. The molecule has 0 aliphatic rings. The maximum absolute atomic E-state index is 3.91. The number of nitrogens with zero attached hydrogens (tertiary/aromatic N) is 1. The fourth-order valence-corrected chi connectivity index (χ4v) is 2.36. The molecule has 0 saturated heterocycles. The summed E-state index contributed by atoms with van der Waals surface area (Å²) in [7, 11) is 0. The summed E-state index contributed by atoms with van der Waals surface area (Å²) in [5.41, 5.74) is 0.242. The van der Waals surface area contributed by atoms with Crippen molar-refractivity contribution >= 4 is 4.40 Å². The third-order valence-electron chi connectivity index (χ3n) is 2.21. The van der Waals surface area contributed by atoms with Gasteiger partial charge in [0, 0.05) is 0 Å². The quantitative estimate of drug-likeness (QED) is 0.688. The average Bonchev–Trinajstić information content (AvgIpc) is 2.01. The predicted octanol–water partition coefficient (Wildman–Crippen LogP) is 2.40. The van der Waals surface area contributed by atoms with Gasteiger partial charge in [-0.15, -0.1) is 0 Å². The molecular formula is C11H21NW. The normalized spacial score (nSPS) is 14.2. The first-order valence-corrected chi connectivity index (χ1v) is 6.49. The molecule has 0 spiro atoms. The molecule has 2 heteroatoms. The van der Waals surface area contributed by atoms with E-state index in [0.29, 0.717) is 6.04 Å². The summed E-state index contributed by atoms with van der Waals surface area (Å²) in [6.45, 7) is 14.0. The fourth-order valence-electron chi connectivity index (χ4n) is 1.66. The first kappa shape index (κ1) is 13.3. The standard InChI is InChI=1S/C11H21N.W/c1-7-10(8-2)12(9-3)11(4,5)6;/h1,8,10H,2,7,9H2,3-6H3;. The van der Waals surface area contributed by atoms with Crippen molar-refractivity contribution in [3.8, 4) is 0 Å². The van der Waals surface area contributed by atoms with E-state index in [1.54, 1.807) is 19.4 Å². The Balaban J connectivity index is 4.51. The van der Waals surface area contributed by atoms with Gasteiger partial charge in [0.25, 0.3) is 0 Å². The van der Waals surface area contributed by atoms with Gasteiger partial charge in [0.1, 0.15) is 0 Å². The van der Waals surface area contributed by atoms with Crippen molar-refractivity contribution in [3.05, 3.63) is 12.7 Å². The van der Waals surface area contributed by atoms with Crippen LogP contribution in [0.5, 0.6) is 0 Å². The molecule has 0 aliphatic heterocycles. The van der Waals surface area contributed by atoms with Crippen LogP contribution in [0.15, 0.2) is 12.7 Å². The number of rotatable bonds is 5. The van der Waals surface area contributed by atoms with E-state index in [-0.39, 0.29) is 5.54 Å². The van der Waals surface area contributed by atoms with E-state index in [1.165, 1.54) is 0 Å². The summed E-state index contributed by atoms with van der Waals surface area (Å²) in [6, 6.07) is 0.502. The molecule has 0 amide bonds. The van der Waals surface area contributed by atoms with Gasteiger partial charge in [-0.1, -0.05) is 0 Å². The van der Waals surface area contributed by atoms with Crippen molar-refractivity contribution in [1.29, 1.82) is 0 Å². The van der Waals surface area contributed by atoms with Gasteiger partial charge in [0.15, 0.2) is 0 Å². The van der Waals surface area contributed by atoms with E-state index in [4.69, 9.17) is 0 Å². The second kappa shape index (κ2) is 5.88. The third-order valence-corrected chi connectivity index (χ3v) is 2.90. The van der Waals surface area contributed by atoms with E-state index in [1.807, 2.05) is 0 Å². The first-order chi connectivity index (χ1) is 5.97. The van der Waals surface area contributed by atoms with Crippen molar-refractivity contribution in [1.82, 2.24) is 4.90 Å². The molecule has 0 rings (SSSR count). The Morgan fingerprint density at radius 2 is 2.00 bits per heavy atom. The van der Waals surface area contributed by atoms with Gasteiger partial charge in [0.2, 0.25) is 0 Å². The van der Waals surface area contributed by atoms with Crippen LogP contribution in [0, 0.1) is 0 Å². The molecule has 13 heavy (non-hydrogen) atoms. The molecule has 0 aromatic heterocycles. The van der Waals surface area contributed by atoms with Crippen LogP contribution in [0.1, 0.15) is 34.1 Å². The van der Waals surface area contributed by atoms with Crippen LogP contribution in [0.4, 0.5) is 0 Å². The van der Waals surface area contributed by atoms with Gasteiger partial charge in [0.05, 0.1) is 0 Å². The number of hydrogen-bond acceptors (Lipinski definition) is 1. The maximum atomic E-state index is 3.91. The summed E-state index contributed by atoms with van der Waals surface area (Å²) in [5, 5.41) is 0. The zero-order chi connectivity index (χ0) is 10.5. The van der Waals surface area contributed by atoms with E-state index in [0.717, 1.165) is 13.0 Å². The molecule has 76 valence electrons. The van der Waals surface area contributed by atoms with Crippen molar-refractivity contribution in [2.24, 2.45) is 0 Å². The molecule has 0 aromatic carbocycles. The zero-order valence-corrected chi connectivity index (χ0v) is 12.1. The molecule has 0 saturated carbocycles. The van der Waals surface area contributed by atoms with Gasteiger partial charge >= 0.3 is 93.6 Å². The molecule has 1 unspecified atom stereocenters. The van der Waals surface area contributed by atoms with E-state index >= 15 is 0 Å². The Kier molecular flexibility index (Phi) is 5.99. The molecule has 0 N–H and O–H groups in total. The van der Waals surface area contributed by atoms with Gasteiger partial charge in [-0.3, -0.25) is 0 Å². The van der Waals surface area contributed by atoms with Gasteiger partial charge < -0.3 is 0 Å². The first-order valence-electron chi connectivity index (χ1n) is 4.80. The van der Waals surface area contributed by atoms with Gasteiger partial charge in [-0.05, 0) is 0 Å². The fraction of sp³-hybridized carbons (Fsp3) is 0.727. The van der Waals surface area contributed by atoms with Crippen LogP contribution in [-0.4, -0.2) is 27.4 Å². The Labute approximate surface area is 93.6 Å². The SMILES string of the molecule is C=CC(C[CH]=[W])N(CC)C(C)(C)C. The summed E-state index contributed by atoms with van der Waals surface area (Å²) in [4.78, 5) is 2.49. The minimum absolute atomic E-state index is 0.242. The predicted molar refractivity (Wildman–Crippen MR) is 56.8 cm³/mol. The van der Waals surface area contributed by atoms with Gasteiger partial charge in [-0.25, -0.2) is 0 Å². The molecule has 0 fully saturated rings. The monoisotopic (exact) mass is 351 g/mol. The van der Waals surface area contributed by atoms with E-state index in [2.05, 4.69) is 49.7 Å². The van der Waals surface area contributed by atoms with E-state index in [9.17, 15) is 0 Å². The molecule has 0 bridgehead atoms. The third kappa shape index (κ3) is 4.33. The minimum atomic E-state index is 0.242. The zero-order valence-electron chi connectivity index (χ0n) is 9.21.